The zero-order chi connectivity index (χ0) is 17.0. The number of nitrogens with one attached hydrogen (secondary N) is 1. The Labute approximate surface area is 132 Å². The van der Waals surface area contributed by atoms with Gasteiger partial charge in [0.25, 0.3) is 0 Å². The van der Waals surface area contributed by atoms with Gasteiger partial charge in [0.1, 0.15) is 23.2 Å². The molecule has 1 aromatic rings. The molecule has 0 aliphatic carbocycles. The highest BCUT2D eigenvalue weighted by Crippen LogP contribution is 2.29. The Hall–Kier alpha value is -2.04. The van der Waals surface area contributed by atoms with E-state index < -0.39 is 17.2 Å². The fourth-order valence-electron chi connectivity index (χ4n) is 1.93. The van der Waals surface area contributed by atoms with Gasteiger partial charge in [-0.1, -0.05) is 18.2 Å². The molecule has 22 heavy (non-hydrogen) atoms. The van der Waals surface area contributed by atoms with Gasteiger partial charge in [-0.15, -0.1) is 0 Å². The Morgan fingerprint density at radius 1 is 1.18 bits per heavy atom. The largest absolute Gasteiger partial charge is 0.491 e. The van der Waals surface area contributed by atoms with Gasteiger partial charge in [0.2, 0.25) is 0 Å². The predicted molar refractivity (Wildman–Crippen MR) is 85.0 cm³/mol. The molecule has 1 aromatic carbocycles. The number of hydrogen-bond acceptors (Lipinski definition) is 4. The third-order valence-corrected chi connectivity index (χ3v) is 2.81. The molecule has 1 unspecified atom stereocenters. The Bertz CT molecular complexity index is 534. The van der Waals surface area contributed by atoms with Crippen LogP contribution in [0.2, 0.25) is 0 Å². The van der Waals surface area contributed by atoms with Gasteiger partial charge in [-0.05, 0) is 47.6 Å². The molecule has 0 saturated carbocycles. The first-order valence-electron chi connectivity index (χ1n) is 7.31. The molecule has 0 bridgehead atoms. The number of amides is 1. The zero-order valence-corrected chi connectivity index (χ0v) is 14.1. The fourth-order valence-corrected chi connectivity index (χ4v) is 1.93. The minimum absolute atomic E-state index is 0.0430. The highest BCUT2D eigenvalue weighted by atomic mass is 16.6. The van der Waals surface area contributed by atoms with Crippen LogP contribution in [0.25, 0.3) is 0 Å². The van der Waals surface area contributed by atoms with Crippen LogP contribution in [0.1, 0.15) is 47.1 Å². The van der Waals surface area contributed by atoms with Gasteiger partial charge in [0.05, 0.1) is 6.10 Å². The summed E-state index contributed by atoms with van der Waals surface area (Å²) in [7, 11) is 0. The highest BCUT2D eigenvalue weighted by molar-refractivity contribution is 5.78. The van der Waals surface area contributed by atoms with Crippen LogP contribution in [-0.4, -0.2) is 24.1 Å². The second-order valence-corrected chi connectivity index (χ2v) is 6.61. The van der Waals surface area contributed by atoms with Crippen LogP contribution in [0.4, 0.5) is 4.79 Å². The zero-order valence-electron chi connectivity index (χ0n) is 14.1. The third-order valence-electron chi connectivity index (χ3n) is 2.81. The first-order valence-corrected chi connectivity index (χ1v) is 7.31. The van der Waals surface area contributed by atoms with Crippen molar-refractivity contribution in [3.05, 3.63) is 29.8 Å². The molecule has 1 amide bonds. The quantitative estimate of drug-likeness (QED) is 0.847. The van der Waals surface area contributed by atoms with E-state index >= 15 is 0 Å². The molecule has 0 spiro atoms. The van der Waals surface area contributed by atoms with Gasteiger partial charge >= 0.3 is 6.09 Å². The van der Waals surface area contributed by atoms with E-state index in [1.165, 1.54) is 0 Å². The van der Waals surface area contributed by atoms with Gasteiger partial charge < -0.3 is 19.6 Å². The number of benzene rings is 1. The van der Waals surface area contributed by atoms with Crippen LogP contribution < -0.4 is 10.1 Å². The molecular formula is C17H25NO4. The summed E-state index contributed by atoms with van der Waals surface area (Å²) in [6, 6.07) is 7.14. The SMILES string of the molecule is CC(C)Oc1ccccc1C(C)(C=O)NC(=O)OC(C)(C)C. The molecule has 0 aliphatic heterocycles. The summed E-state index contributed by atoms with van der Waals surface area (Å²) in [5, 5.41) is 2.62. The number of alkyl carbamates (subject to hydrolysis) is 1. The number of para-hydroxylation sites is 1. The first-order chi connectivity index (χ1) is 10.1. The Morgan fingerprint density at radius 3 is 2.27 bits per heavy atom. The van der Waals surface area contributed by atoms with Crippen LogP contribution >= 0.6 is 0 Å². The number of carbonyl (C=O) groups is 2. The second-order valence-electron chi connectivity index (χ2n) is 6.61. The lowest BCUT2D eigenvalue weighted by atomic mass is 9.93. The number of hydrogen-bond donors (Lipinski definition) is 1. The smallest absolute Gasteiger partial charge is 0.408 e. The number of carbonyl (C=O) groups excluding carboxylic acids is 2. The molecule has 1 atom stereocenters. The van der Waals surface area contributed by atoms with E-state index in [0.29, 0.717) is 17.6 Å². The molecule has 5 nitrogen and oxygen atoms in total. The summed E-state index contributed by atoms with van der Waals surface area (Å²) in [5.41, 5.74) is -1.28. The van der Waals surface area contributed by atoms with Gasteiger partial charge in [0.15, 0.2) is 0 Å². The lowest BCUT2D eigenvalue weighted by Gasteiger charge is -2.29. The van der Waals surface area contributed by atoms with E-state index in [9.17, 15) is 9.59 Å². The number of aldehydes is 1. The molecule has 1 rings (SSSR count). The van der Waals surface area contributed by atoms with Crippen LogP contribution in [0.15, 0.2) is 24.3 Å². The van der Waals surface area contributed by atoms with Gasteiger partial charge in [-0.3, -0.25) is 0 Å². The van der Waals surface area contributed by atoms with E-state index in [0.717, 1.165) is 0 Å². The predicted octanol–water partition coefficient (Wildman–Crippen LogP) is 3.41. The lowest BCUT2D eigenvalue weighted by molar-refractivity contribution is -0.113. The topological polar surface area (TPSA) is 64.6 Å². The lowest BCUT2D eigenvalue weighted by Crippen LogP contribution is -2.47. The van der Waals surface area contributed by atoms with E-state index in [1.807, 2.05) is 19.9 Å². The van der Waals surface area contributed by atoms with Crippen molar-refractivity contribution in [1.82, 2.24) is 5.32 Å². The normalized spacial score (nSPS) is 14.1. The second kappa shape index (κ2) is 6.81. The highest BCUT2D eigenvalue weighted by Gasteiger charge is 2.33. The minimum atomic E-state index is -1.23. The minimum Gasteiger partial charge on any atom is -0.491 e. The number of ether oxygens (including phenoxy) is 2. The summed E-state index contributed by atoms with van der Waals surface area (Å²) in [6.45, 7) is 10.7. The van der Waals surface area contributed by atoms with Crippen molar-refractivity contribution in [3.8, 4) is 5.75 Å². The average Bonchev–Trinajstić information content (AvgIpc) is 2.36. The van der Waals surface area contributed by atoms with Crippen molar-refractivity contribution in [1.29, 1.82) is 0 Å². The van der Waals surface area contributed by atoms with Gasteiger partial charge in [-0.2, -0.15) is 0 Å². The fraction of sp³-hybridized carbons (Fsp3) is 0.529. The van der Waals surface area contributed by atoms with E-state index in [1.54, 1.807) is 45.9 Å². The maximum absolute atomic E-state index is 12.0. The maximum atomic E-state index is 12.0. The molecule has 0 radical (unpaired) electrons. The summed E-state index contributed by atoms with van der Waals surface area (Å²) in [6.07, 6.45) is -0.0144. The van der Waals surface area contributed by atoms with Crippen molar-refractivity contribution in [2.75, 3.05) is 0 Å². The van der Waals surface area contributed by atoms with Gasteiger partial charge in [-0.25, -0.2) is 4.79 Å². The van der Waals surface area contributed by atoms with Crippen molar-refractivity contribution >= 4 is 12.4 Å². The third kappa shape index (κ3) is 5.06. The maximum Gasteiger partial charge on any atom is 0.408 e. The van der Waals surface area contributed by atoms with Gasteiger partial charge in [0, 0.05) is 5.56 Å². The standard InChI is InChI=1S/C17H25NO4/c1-12(2)21-14-10-8-7-9-13(14)17(6,11-19)18-15(20)22-16(3,4)5/h7-12H,1-6H3,(H,18,20). The molecule has 122 valence electrons. The van der Waals surface area contributed by atoms with Crippen molar-refractivity contribution < 1.29 is 19.1 Å². The average molecular weight is 307 g/mol. The molecule has 0 saturated heterocycles. The van der Waals surface area contributed by atoms with E-state index in [2.05, 4.69) is 5.32 Å². The first kappa shape index (κ1) is 18.0. The summed E-state index contributed by atoms with van der Waals surface area (Å²) < 4.78 is 11.0. The molecular weight excluding hydrogens is 282 g/mol. The van der Waals surface area contributed by atoms with Crippen molar-refractivity contribution in [3.63, 3.8) is 0 Å². The molecule has 0 heterocycles. The monoisotopic (exact) mass is 307 g/mol. The van der Waals surface area contributed by atoms with E-state index in [-0.39, 0.29) is 6.10 Å². The summed E-state index contributed by atoms with van der Waals surface area (Å²) in [4.78, 5) is 23.6. The summed E-state index contributed by atoms with van der Waals surface area (Å²) >= 11 is 0. The molecule has 0 aliphatic rings. The van der Waals surface area contributed by atoms with Crippen LogP contribution in [0, 0.1) is 0 Å². The number of rotatable bonds is 5. The molecule has 5 heteroatoms. The Balaban J connectivity index is 3.08. The van der Waals surface area contributed by atoms with E-state index in [4.69, 9.17) is 9.47 Å². The van der Waals surface area contributed by atoms with Crippen LogP contribution in [0.3, 0.4) is 0 Å². The molecule has 0 aromatic heterocycles. The molecule has 0 fully saturated rings. The van der Waals surface area contributed by atoms with Crippen LogP contribution in [0.5, 0.6) is 5.75 Å². The Morgan fingerprint density at radius 2 is 1.77 bits per heavy atom. The molecule has 1 N–H and O–H groups in total. The summed E-state index contributed by atoms with van der Waals surface area (Å²) in [5.74, 6) is 0.558. The van der Waals surface area contributed by atoms with Crippen LogP contribution in [-0.2, 0) is 15.1 Å². The van der Waals surface area contributed by atoms with Crippen molar-refractivity contribution in [2.45, 2.75) is 58.8 Å². The Kier molecular flexibility index (Phi) is 5.58. The van der Waals surface area contributed by atoms with Crippen molar-refractivity contribution in [2.24, 2.45) is 0 Å².